The summed E-state index contributed by atoms with van der Waals surface area (Å²) < 4.78 is 10.2. The van der Waals surface area contributed by atoms with Gasteiger partial charge >= 0.3 is 5.97 Å². The van der Waals surface area contributed by atoms with E-state index in [4.69, 9.17) is 14.7 Å². The van der Waals surface area contributed by atoms with Gasteiger partial charge in [-0.2, -0.15) is 5.26 Å². The second-order valence-electron chi connectivity index (χ2n) is 6.29. The third-order valence-corrected chi connectivity index (χ3v) is 3.98. The molecule has 8 heteroatoms. The minimum atomic E-state index is -1.05. The Morgan fingerprint density at radius 2 is 1.93 bits per heavy atom. The molecule has 0 unspecified atom stereocenters. The highest BCUT2D eigenvalue weighted by molar-refractivity contribution is 5.98. The molecule has 0 heterocycles. The lowest BCUT2D eigenvalue weighted by Crippen LogP contribution is -2.50. The summed E-state index contributed by atoms with van der Waals surface area (Å²) in [5.41, 5.74) is -0.757. The minimum Gasteiger partial charge on any atom is -0.493 e. The number of ether oxygens (including phenoxy) is 2. The number of rotatable bonds is 9. The highest BCUT2D eigenvalue weighted by Gasteiger charge is 2.30. The average Bonchev–Trinajstić information content (AvgIpc) is 2.64. The average molecular weight is 375 g/mol. The second-order valence-corrected chi connectivity index (χ2v) is 6.29. The number of hydrogen-bond acceptors (Lipinski definition) is 6. The van der Waals surface area contributed by atoms with E-state index in [2.05, 4.69) is 10.6 Å². The van der Waals surface area contributed by atoms with Gasteiger partial charge in [-0.1, -0.05) is 26.0 Å². The Morgan fingerprint density at radius 3 is 2.52 bits per heavy atom. The Hall–Kier alpha value is -3.08. The zero-order chi connectivity index (χ0) is 20.4. The van der Waals surface area contributed by atoms with Gasteiger partial charge in [0.1, 0.15) is 17.8 Å². The van der Waals surface area contributed by atoms with Crippen LogP contribution in [0.25, 0.3) is 0 Å². The zero-order valence-corrected chi connectivity index (χ0v) is 16.0. The fourth-order valence-electron chi connectivity index (χ4n) is 2.01. The quantitative estimate of drug-likeness (QED) is 0.630. The monoisotopic (exact) mass is 375 g/mol. The topological polar surface area (TPSA) is 118 Å². The van der Waals surface area contributed by atoms with Gasteiger partial charge in [0.2, 0.25) is 0 Å². The zero-order valence-electron chi connectivity index (χ0n) is 16.0. The minimum absolute atomic E-state index is 0.119. The molecule has 1 atom stereocenters. The molecule has 0 spiro atoms. The Kier molecular flexibility index (Phi) is 8.27. The summed E-state index contributed by atoms with van der Waals surface area (Å²) in [5, 5.41) is 14.1. The number of benzene rings is 1. The molecule has 0 saturated carbocycles. The van der Waals surface area contributed by atoms with Gasteiger partial charge in [0.15, 0.2) is 6.61 Å². The summed E-state index contributed by atoms with van der Waals surface area (Å²) in [5.74, 6) is -1.55. The van der Waals surface area contributed by atoms with Crippen molar-refractivity contribution < 1.29 is 23.9 Å². The molecule has 0 fully saturated rings. The maximum absolute atomic E-state index is 12.2. The highest BCUT2D eigenvalue weighted by Crippen LogP contribution is 2.17. The fraction of sp³-hybridized carbons (Fsp3) is 0.474. The lowest BCUT2D eigenvalue weighted by molar-refractivity contribution is -0.147. The summed E-state index contributed by atoms with van der Waals surface area (Å²) in [4.78, 5) is 35.8. The summed E-state index contributed by atoms with van der Waals surface area (Å²) in [7, 11) is 0. The summed E-state index contributed by atoms with van der Waals surface area (Å²) >= 11 is 0. The molecule has 27 heavy (non-hydrogen) atoms. The molecule has 146 valence electrons. The number of para-hydroxylation sites is 1. The van der Waals surface area contributed by atoms with Gasteiger partial charge in [-0.3, -0.25) is 14.4 Å². The first kappa shape index (κ1) is 22.0. The van der Waals surface area contributed by atoms with Crippen LogP contribution < -0.4 is 15.4 Å². The van der Waals surface area contributed by atoms with Crippen LogP contribution in [0.1, 0.15) is 38.1 Å². The molecule has 2 N–H and O–H groups in total. The maximum Gasteiger partial charge on any atom is 0.325 e. The van der Waals surface area contributed by atoms with Crippen molar-refractivity contribution in [3.05, 3.63) is 29.8 Å². The lowest BCUT2D eigenvalue weighted by atomic mass is 9.90. The predicted octanol–water partition coefficient (Wildman–Crippen LogP) is 1.41. The van der Waals surface area contributed by atoms with E-state index >= 15 is 0 Å². The molecule has 0 aliphatic carbocycles. The number of amides is 2. The van der Waals surface area contributed by atoms with E-state index in [0.29, 0.717) is 17.9 Å². The standard InChI is InChI=1S/C19H25N3O5/c1-5-26-15-9-7-6-8-14(15)18(25)21-10-17(24)27-11-16(23)22-19(4,12-20)13(2)3/h6-9,13H,5,10-11H2,1-4H3,(H,21,25)(H,22,23)/t19-/m1/s1. The van der Waals surface area contributed by atoms with Crippen molar-refractivity contribution in [2.75, 3.05) is 19.8 Å². The van der Waals surface area contributed by atoms with Crippen LogP contribution in [-0.4, -0.2) is 43.1 Å². The first-order valence-electron chi connectivity index (χ1n) is 8.61. The molecule has 2 amide bonds. The van der Waals surface area contributed by atoms with E-state index in [-0.39, 0.29) is 5.92 Å². The van der Waals surface area contributed by atoms with E-state index in [1.807, 2.05) is 6.07 Å². The number of nitrogens with zero attached hydrogens (tertiary/aromatic N) is 1. The molecule has 1 aromatic carbocycles. The Balaban J connectivity index is 2.49. The van der Waals surface area contributed by atoms with Crippen LogP contribution in [0, 0.1) is 17.2 Å². The molecule has 8 nitrogen and oxygen atoms in total. The molecule has 0 saturated heterocycles. The number of carbonyl (C=O) groups is 3. The van der Waals surface area contributed by atoms with Gasteiger partial charge in [-0.25, -0.2) is 0 Å². The van der Waals surface area contributed by atoms with Gasteiger partial charge in [-0.05, 0) is 31.9 Å². The van der Waals surface area contributed by atoms with Crippen molar-refractivity contribution in [3.63, 3.8) is 0 Å². The molecule has 0 radical (unpaired) electrons. The summed E-state index contributed by atoms with van der Waals surface area (Å²) in [6.07, 6.45) is 0. The molecule has 1 rings (SSSR count). The third-order valence-electron chi connectivity index (χ3n) is 3.98. The molecule has 0 aliphatic rings. The van der Waals surface area contributed by atoms with Crippen molar-refractivity contribution in [3.8, 4) is 11.8 Å². The summed E-state index contributed by atoms with van der Waals surface area (Å²) in [6, 6.07) is 8.68. The van der Waals surface area contributed by atoms with Crippen molar-refractivity contribution in [2.45, 2.75) is 33.2 Å². The normalized spacial score (nSPS) is 12.4. The van der Waals surface area contributed by atoms with Gasteiger partial charge < -0.3 is 20.1 Å². The number of nitriles is 1. The molecular formula is C19H25N3O5. The van der Waals surface area contributed by atoms with Crippen LogP contribution in [0.3, 0.4) is 0 Å². The van der Waals surface area contributed by atoms with E-state index in [9.17, 15) is 14.4 Å². The Labute approximate surface area is 158 Å². The van der Waals surface area contributed by atoms with E-state index in [1.165, 1.54) is 0 Å². The number of esters is 1. The molecular weight excluding hydrogens is 350 g/mol. The van der Waals surface area contributed by atoms with Gasteiger partial charge in [-0.15, -0.1) is 0 Å². The smallest absolute Gasteiger partial charge is 0.325 e. The Bertz CT molecular complexity index is 726. The van der Waals surface area contributed by atoms with Crippen LogP contribution >= 0.6 is 0 Å². The van der Waals surface area contributed by atoms with Crippen LogP contribution in [0.4, 0.5) is 0 Å². The van der Waals surface area contributed by atoms with Crippen LogP contribution in [0.5, 0.6) is 5.75 Å². The van der Waals surface area contributed by atoms with Gasteiger partial charge in [0.05, 0.1) is 18.2 Å². The second kappa shape index (κ2) is 10.2. The SMILES string of the molecule is CCOc1ccccc1C(=O)NCC(=O)OCC(=O)N[C@](C)(C#N)C(C)C. The van der Waals surface area contributed by atoms with Crippen molar-refractivity contribution >= 4 is 17.8 Å². The number of carbonyl (C=O) groups excluding carboxylic acids is 3. The van der Waals surface area contributed by atoms with Crippen LogP contribution in [0.2, 0.25) is 0 Å². The van der Waals surface area contributed by atoms with Crippen LogP contribution in [-0.2, 0) is 14.3 Å². The molecule has 0 bridgehead atoms. The highest BCUT2D eigenvalue weighted by atomic mass is 16.5. The third kappa shape index (κ3) is 6.62. The first-order chi connectivity index (χ1) is 12.7. The lowest BCUT2D eigenvalue weighted by Gasteiger charge is -2.27. The fourth-order valence-corrected chi connectivity index (χ4v) is 2.01. The van der Waals surface area contributed by atoms with Crippen molar-refractivity contribution in [2.24, 2.45) is 5.92 Å². The van der Waals surface area contributed by atoms with E-state index in [1.54, 1.807) is 52.0 Å². The van der Waals surface area contributed by atoms with Crippen LogP contribution in [0.15, 0.2) is 24.3 Å². The maximum atomic E-state index is 12.2. The van der Waals surface area contributed by atoms with Crippen molar-refractivity contribution in [1.29, 1.82) is 5.26 Å². The molecule has 0 aliphatic heterocycles. The summed E-state index contributed by atoms with van der Waals surface area (Å²) in [6.45, 7) is 6.46. The van der Waals surface area contributed by atoms with E-state index in [0.717, 1.165) is 0 Å². The van der Waals surface area contributed by atoms with E-state index < -0.39 is 36.5 Å². The Morgan fingerprint density at radius 1 is 1.26 bits per heavy atom. The first-order valence-corrected chi connectivity index (χ1v) is 8.61. The molecule has 1 aromatic rings. The number of nitrogens with one attached hydrogen (secondary N) is 2. The van der Waals surface area contributed by atoms with Gasteiger partial charge in [0, 0.05) is 0 Å². The molecule has 0 aromatic heterocycles. The number of hydrogen-bond donors (Lipinski definition) is 2. The largest absolute Gasteiger partial charge is 0.493 e. The predicted molar refractivity (Wildman–Crippen MR) is 97.9 cm³/mol. The van der Waals surface area contributed by atoms with Gasteiger partial charge in [0.25, 0.3) is 11.8 Å². The van der Waals surface area contributed by atoms with Crippen molar-refractivity contribution in [1.82, 2.24) is 10.6 Å².